The lowest BCUT2D eigenvalue weighted by atomic mass is 10.1. The van der Waals surface area contributed by atoms with Crippen molar-refractivity contribution in [3.05, 3.63) is 76.0 Å². The molecule has 0 aliphatic carbocycles. The van der Waals surface area contributed by atoms with Gasteiger partial charge in [0.15, 0.2) is 0 Å². The minimum Gasteiger partial charge on any atom is -0.378 e. The number of nitrogens with one attached hydrogen (secondary N) is 1. The molecule has 0 fully saturated rings. The number of para-hydroxylation sites is 1. The van der Waals surface area contributed by atoms with Crippen molar-refractivity contribution >= 4 is 22.3 Å². The molecular formula is C18H14F3N3O2. The number of nitro benzene ring substituents is 1. The maximum Gasteiger partial charge on any atom is 0.433 e. The van der Waals surface area contributed by atoms with Crippen LogP contribution in [0.25, 0.3) is 10.9 Å². The lowest BCUT2D eigenvalue weighted by molar-refractivity contribution is -0.384. The molecule has 1 heterocycles. The number of aromatic nitrogens is 1. The molecule has 0 saturated carbocycles. The van der Waals surface area contributed by atoms with E-state index >= 15 is 0 Å². The number of fused-ring (bicyclic) bond motifs is 1. The van der Waals surface area contributed by atoms with Crippen LogP contribution in [0.15, 0.2) is 54.6 Å². The molecule has 26 heavy (non-hydrogen) atoms. The van der Waals surface area contributed by atoms with Crippen LogP contribution in [0.1, 0.15) is 24.2 Å². The van der Waals surface area contributed by atoms with Crippen LogP contribution in [0.5, 0.6) is 0 Å². The van der Waals surface area contributed by atoms with Crippen molar-refractivity contribution in [2.75, 3.05) is 5.32 Å². The summed E-state index contributed by atoms with van der Waals surface area (Å²) in [6, 6.07) is 13.0. The number of nitrogens with zero attached hydrogens (tertiary/aromatic N) is 2. The van der Waals surface area contributed by atoms with Gasteiger partial charge in [-0.2, -0.15) is 13.2 Å². The van der Waals surface area contributed by atoms with E-state index in [1.54, 1.807) is 37.3 Å². The number of pyridine rings is 1. The number of benzene rings is 2. The summed E-state index contributed by atoms with van der Waals surface area (Å²) in [5.41, 5.74) is 0.226. The Bertz CT molecular complexity index is 956. The zero-order chi connectivity index (χ0) is 18.9. The number of nitro groups is 1. The van der Waals surface area contributed by atoms with E-state index in [2.05, 4.69) is 10.3 Å². The highest BCUT2D eigenvalue weighted by Crippen LogP contribution is 2.34. The topological polar surface area (TPSA) is 68.1 Å². The SMILES string of the molecule is CC(Nc1cc(C(F)(F)F)nc2ccccc12)c1ccc([N+](=O)[O-])cc1. The normalized spacial score (nSPS) is 12.8. The maximum atomic E-state index is 13.1. The molecule has 1 aromatic heterocycles. The van der Waals surface area contributed by atoms with Gasteiger partial charge in [0, 0.05) is 29.2 Å². The molecular weight excluding hydrogens is 347 g/mol. The van der Waals surface area contributed by atoms with E-state index in [1.165, 1.54) is 18.2 Å². The third-order valence-electron chi connectivity index (χ3n) is 3.98. The van der Waals surface area contributed by atoms with E-state index < -0.39 is 16.8 Å². The summed E-state index contributed by atoms with van der Waals surface area (Å²) in [6.07, 6.45) is -4.56. The number of rotatable bonds is 4. The Balaban J connectivity index is 1.97. The van der Waals surface area contributed by atoms with Gasteiger partial charge in [-0.3, -0.25) is 10.1 Å². The smallest absolute Gasteiger partial charge is 0.378 e. The molecule has 2 aromatic carbocycles. The van der Waals surface area contributed by atoms with Crippen molar-refractivity contribution in [1.29, 1.82) is 0 Å². The Morgan fingerprint density at radius 2 is 1.77 bits per heavy atom. The summed E-state index contributed by atoms with van der Waals surface area (Å²) >= 11 is 0. The summed E-state index contributed by atoms with van der Waals surface area (Å²) in [7, 11) is 0. The number of non-ortho nitro benzene ring substituents is 1. The molecule has 1 N–H and O–H groups in total. The zero-order valence-corrected chi connectivity index (χ0v) is 13.6. The quantitative estimate of drug-likeness (QED) is 0.503. The predicted molar refractivity (Wildman–Crippen MR) is 91.9 cm³/mol. The van der Waals surface area contributed by atoms with Crippen LogP contribution in [-0.2, 0) is 6.18 Å². The number of halogens is 3. The highest BCUT2D eigenvalue weighted by Gasteiger charge is 2.33. The Hall–Kier alpha value is -3.16. The van der Waals surface area contributed by atoms with Gasteiger partial charge in [-0.05, 0) is 24.6 Å². The van der Waals surface area contributed by atoms with Crippen molar-refractivity contribution in [3.63, 3.8) is 0 Å². The zero-order valence-electron chi connectivity index (χ0n) is 13.6. The van der Waals surface area contributed by atoms with Gasteiger partial charge in [-0.15, -0.1) is 0 Å². The molecule has 3 rings (SSSR count). The second kappa shape index (κ2) is 6.62. The van der Waals surface area contributed by atoms with Crippen LogP contribution in [-0.4, -0.2) is 9.91 Å². The van der Waals surface area contributed by atoms with Crippen LogP contribution in [0, 0.1) is 10.1 Å². The molecule has 1 unspecified atom stereocenters. The van der Waals surface area contributed by atoms with Gasteiger partial charge in [0.2, 0.25) is 0 Å². The summed E-state index contributed by atoms with van der Waals surface area (Å²) in [6.45, 7) is 1.77. The van der Waals surface area contributed by atoms with Crippen LogP contribution in [0.2, 0.25) is 0 Å². The van der Waals surface area contributed by atoms with Crippen molar-refractivity contribution < 1.29 is 18.1 Å². The fourth-order valence-electron chi connectivity index (χ4n) is 2.64. The van der Waals surface area contributed by atoms with E-state index in [4.69, 9.17) is 0 Å². The first-order chi connectivity index (χ1) is 12.3. The second-order valence-electron chi connectivity index (χ2n) is 5.78. The van der Waals surface area contributed by atoms with Crippen LogP contribution >= 0.6 is 0 Å². The maximum absolute atomic E-state index is 13.1. The first-order valence-corrected chi connectivity index (χ1v) is 7.73. The van der Waals surface area contributed by atoms with E-state index in [0.29, 0.717) is 16.6 Å². The van der Waals surface area contributed by atoms with Crippen molar-refractivity contribution in [1.82, 2.24) is 4.98 Å². The fourth-order valence-corrected chi connectivity index (χ4v) is 2.64. The van der Waals surface area contributed by atoms with E-state index in [0.717, 1.165) is 6.07 Å². The lowest BCUT2D eigenvalue weighted by Crippen LogP contribution is -2.12. The summed E-state index contributed by atoms with van der Waals surface area (Å²) < 4.78 is 39.4. The van der Waals surface area contributed by atoms with E-state index in [1.807, 2.05) is 0 Å². The van der Waals surface area contributed by atoms with Crippen LogP contribution in [0.3, 0.4) is 0 Å². The molecule has 0 saturated heterocycles. The Kier molecular flexibility index (Phi) is 4.50. The van der Waals surface area contributed by atoms with Crippen molar-refractivity contribution in [2.45, 2.75) is 19.1 Å². The first kappa shape index (κ1) is 17.7. The summed E-state index contributed by atoms with van der Waals surface area (Å²) in [5.74, 6) is 0. The minimum absolute atomic E-state index is 0.0466. The van der Waals surface area contributed by atoms with Crippen molar-refractivity contribution in [2.24, 2.45) is 0 Å². The van der Waals surface area contributed by atoms with E-state index in [-0.39, 0.29) is 17.2 Å². The molecule has 0 aliphatic rings. The standard InChI is InChI=1S/C18H14F3N3O2/c1-11(12-6-8-13(9-7-12)24(25)26)22-16-10-17(18(19,20)21)23-15-5-3-2-4-14(15)16/h2-11H,1H3,(H,22,23). The van der Waals surface area contributed by atoms with Gasteiger partial charge in [-0.1, -0.05) is 30.3 Å². The molecule has 0 radical (unpaired) electrons. The number of hydrogen-bond donors (Lipinski definition) is 1. The fraction of sp³-hybridized carbons (Fsp3) is 0.167. The molecule has 5 nitrogen and oxygen atoms in total. The Labute approximate surface area is 146 Å². The molecule has 1 atom stereocenters. The van der Waals surface area contributed by atoms with Crippen molar-refractivity contribution in [3.8, 4) is 0 Å². The van der Waals surface area contributed by atoms with E-state index in [9.17, 15) is 23.3 Å². The summed E-state index contributed by atoms with van der Waals surface area (Å²) in [4.78, 5) is 13.9. The molecule has 3 aromatic rings. The second-order valence-corrected chi connectivity index (χ2v) is 5.78. The van der Waals surface area contributed by atoms with Gasteiger partial charge in [0.05, 0.1) is 10.4 Å². The third-order valence-corrected chi connectivity index (χ3v) is 3.98. The Morgan fingerprint density at radius 3 is 2.38 bits per heavy atom. The average molecular weight is 361 g/mol. The minimum atomic E-state index is -4.56. The number of anilines is 1. The molecule has 8 heteroatoms. The van der Waals surface area contributed by atoms with Gasteiger partial charge >= 0.3 is 6.18 Å². The van der Waals surface area contributed by atoms with Gasteiger partial charge < -0.3 is 5.32 Å². The highest BCUT2D eigenvalue weighted by atomic mass is 19.4. The number of alkyl halides is 3. The van der Waals surface area contributed by atoms with Gasteiger partial charge in [0.1, 0.15) is 5.69 Å². The first-order valence-electron chi connectivity index (χ1n) is 7.73. The molecule has 0 aliphatic heterocycles. The van der Waals surface area contributed by atoms with Gasteiger partial charge in [0.25, 0.3) is 5.69 Å². The largest absolute Gasteiger partial charge is 0.433 e. The Morgan fingerprint density at radius 1 is 1.12 bits per heavy atom. The highest BCUT2D eigenvalue weighted by molar-refractivity contribution is 5.91. The predicted octanol–water partition coefficient (Wildman–Crippen LogP) is 5.33. The molecule has 0 bridgehead atoms. The molecule has 0 amide bonds. The van der Waals surface area contributed by atoms with Gasteiger partial charge in [-0.25, -0.2) is 4.98 Å². The monoisotopic (exact) mass is 361 g/mol. The van der Waals surface area contributed by atoms with Crippen LogP contribution < -0.4 is 5.32 Å². The average Bonchev–Trinajstić information content (AvgIpc) is 2.61. The lowest BCUT2D eigenvalue weighted by Gasteiger charge is -2.18. The third kappa shape index (κ3) is 3.58. The molecule has 0 spiro atoms. The summed E-state index contributed by atoms with van der Waals surface area (Å²) in [5, 5.41) is 14.3. The molecule has 134 valence electrons. The van der Waals surface area contributed by atoms with Crippen LogP contribution in [0.4, 0.5) is 24.5 Å². The number of hydrogen-bond acceptors (Lipinski definition) is 4.